The van der Waals surface area contributed by atoms with Gasteiger partial charge >= 0.3 is 11.9 Å². The van der Waals surface area contributed by atoms with Crippen molar-refractivity contribution in [2.24, 2.45) is 0 Å². The molecular weight excluding hydrogens is 618 g/mol. The van der Waals surface area contributed by atoms with Gasteiger partial charge in [-0.2, -0.15) is 0 Å². The summed E-state index contributed by atoms with van der Waals surface area (Å²) in [4.78, 5) is 49.0. The summed E-state index contributed by atoms with van der Waals surface area (Å²) in [6.07, 6.45) is 31.9. The first-order chi connectivity index (χ1) is 23.9. The van der Waals surface area contributed by atoms with Crippen LogP contribution in [0.5, 0.6) is 5.75 Å². The Bertz CT molecular complexity index is 1020. The Balaban J connectivity index is 2.30. The number of unbranched alkanes of at least 4 members (excludes halogenated alkanes) is 24. The molecule has 0 aromatic heterocycles. The van der Waals surface area contributed by atoms with Crippen LogP contribution in [0.25, 0.3) is 0 Å². The highest BCUT2D eigenvalue weighted by Gasteiger charge is 2.24. The molecule has 8 nitrogen and oxygen atoms in total. The van der Waals surface area contributed by atoms with Crippen LogP contribution in [0.4, 0.5) is 5.69 Å². The fourth-order valence-electron chi connectivity index (χ4n) is 6.24. The van der Waals surface area contributed by atoms with E-state index in [4.69, 9.17) is 14.2 Å². The van der Waals surface area contributed by atoms with Gasteiger partial charge in [-0.3, -0.25) is 19.2 Å². The van der Waals surface area contributed by atoms with Gasteiger partial charge in [-0.15, -0.1) is 0 Å². The molecule has 0 fully saturated rings. The zero-order chi connectivity index (χ0) is 35.8. The molecular formula is C41H73NO7. The SMILES string of the molecule is CCCCCCCCCCCCCCCC(=O)OC[C@H](CNc1c(OCC)c(=O)c1=O)OC(=O)CCCCCCCCCCCCCCC. The molecule has 0 aliphatic heterocycles. The molecule has 0 heterocycles. The Labute approximate surface area is 298 Å². The van der Waals surface area contributed by atoms with Crippen molar-refractivity contribution in [1.29, 1.82) is 0 Å². The molecule has 1 rings (SSSR count). The molecule has 1 N–H and O–H groups in total. The predicted molar refractivity (Wildman–Crippen MR) is 202 cm³/mol. The lowest BCUT2D eigenvalue weighted by Crippen LogP contribution is -2.39. The second-order valence-corrected chi connectivity index (χ2v) is 14.0. The molecule has 1 aromatic carbocycles. The van der Waals surface area contributed by atoms with Gasteiger partial charge in [0, 0.05) is 12.8 Å². The van der Waals surface area contributed by atoms with Gasteiger partial charge < -0.3 is 19.5 Å². The second kappa shape index (κ2) is 31.6. The number of nitrogens with one attached hydrogen (secondary N) is 1. The van der Waals surface area contributed by atoms with E-state index in [9.17, 15) is 19.2 Å². The quantitative estimate of drug-likeness (QED) is 0.0421. The predicted octanol–water partition coefficient (Wildman–Crippen LogP) is 10.5. The molecule has 0 amide bonds. The highest BCUT2D eigenvalue weighted by Crippen LogP contribution is 2.18. The highest BCUT2D eigenvalue weighted by atomic mass is 16.6. The van der Waals surface area contributed by atoms with Gasteiger partial charge in [0.05, 0.1) is 13.2 Å². The summed E-state index contributed by atoms with van der Waals surface area (Å²) < 4.78 is 16.4. The molecule has 0 aliphatic carbocycles. The Morgan fingerprint density at radius 2 is 0.918 bits per heavy atom. The van der Waals surface area contributed by atoms with E-state index in [0.717, 1.165) is 38.5 Å². The van der Waals surface area contributed by atoms with Crippen LogP contribution in [0.15, 0.2) is 9.59 Å². The summed E-state index contributed by atoms with van der Waals surface area (Å²) in [6, 6.07) is 0. The minimum Gasteiger partial charge on any atom is -0.488 e. The number of esters is 2. The van der Waals surface area contributed by atoms with Crippen LogP contribution in [0.3, 0.4) is 0 Å². The van der Waals surface area contributed by atoms with E-state index >= 15 is 0 Å². The average Bonchev–Trinajstić information content (AvgIpc) is 3.10. The van der Waals surface area contributed by atoms with E-state index in [0.29, 0.717) is 12.8 Å². The maximum Gasteiger partial charge on any atom is 0.306 e. The lowest BCUT2D eigenvalue weighted by atomic mass is 10.0. The van der Waals surface area contributed by atoms with Gasteiger partial charge in [-0.05, 0) is 19.8 Å². The molecule has 8 heteroatoms. The Hall–Kier alpha value is -2.38. The van der Waals surface area contributed by atoms with Crippen molar-refractivity contribution in [2.75, 3.05) is 25.1 Å². The Morgan fingerprint density at radius 1 is 0.531 bits per heavy atom. The molecule has 284 valence electrons. The number of anilines is 1. The first kappa shape index (κ1) is 44.6. The summed E-state index contributed by atoms with van der Waals surface area (Å²) in [5, 5.41) is 2.89. The highest BCUT2D eigenvalue weighted by molar-refractivity contribution is 5.70. The zero-order valence-electron chi connectivity index (χ0n) is 31.9. The maximum absolute atomic E-state index is 12.7. The van der Waals surface area contributed by atoms with Crippen molar-refractivity contribution >= 4 is 17.6 Å². The zero-order valence-corrected chi connectivity index (χ0v) is 31.9. The molecule has 0 unspecified atom stereocenters. The number of ether oxygens (including phenoxy) is 3. The van der Waals surface area contributed by atoms with E-state index in [1.54, 1.807) is 6.92 Å². The third kappa shape index (κ3) is 23.6. The van der Waals surface area contributed by atoms with E-state index in [-0.39, 0.29) is 43.1 Å². The van der Waals surface area contributed by atoms with Crippen LogP contribution in [0.2, 0.25) is 0 Å². The third-order valence-electron chi connectivity index (χ3n) is 9.36. The van der Waals surface area contributed by atoms with Crippen molar-refractivity contribution in [3.05, 3.63) is 20.4 Å². The molecule has 0 aliphatic rings. The van der Waals surface area contributed by atoms with E-state index in [1.807, 2.05) is 0 Å². The van der Waals surface area contributed by atoms with Gasteiger partial charge in [0.25, 0.3) is 10.9 Å². The normalized spacial score (nSPS) is 11.9. The summed E-state index contributed by atoms with van der Waals surface area (Å²) in [5.41, 5.74) is -1.23. The van der Waals surface area contributed by atoms with E-state index < -0.39 is 17.0 Å². The van der Waals surface area contributed by atoms with Gasteiger partial charge in [-0.25, -0.2) is 0 Å². The monoisotopic (exact) mass is 692 g/mol. The van der Waals surface area contributed by atoms with Crippen LogP contribution < -0.4 is 20.9 Å². The topological polar surface area (TPSA) is 108 Å². The smallest absolute Gasteiger partial charge is 0.306 e. The molecule has 0 spiro atoms. The molecule has 0 saturated heterocycles. The lowest BCUT2D eigenvalue weighted by Gasteiger charge is -2.20. The average molecular weight is 692 g/mol. The molecule has 0 saturated carbocycles. The first-order valence-electron chi connectivity index (χ1n) is 20.5. The molecule has 1 aromatic rings. The van der Waals surface area contributed by atoms with Crippen LogP contribution in [-0.4, -0.2) is 37.8 Å². The summed E-state index contributed by atoms with van der Waals surface area (Å²) in [6.45, 7) is 6.44. The van der Waals surface area contributed by atoms with Gasteiger partial charge in [0.15, 0.2) is 11.9 Å². The molecule has 49 heavy (non-hydrogen) atoms. The summed E-state index contributed by atoms with van der Waals surface area (Å²) in [7, 11) is 0. The van der Waals surface area contributed by atoms with Crippen molar-refractivity contribution in [2.45, 2.75) is 207 Å². The molecule has 1 atom stereocenters. The van der Waals surface area contributed by atoms with Crippen molar-refractivity contribution in [1.82, 2.24) is 0 Å². The van der Waals surface area contributed by atoms with Gasteiger partial charge in [0.2, 0.25) is 0 Å². The van der Waals surface area contributed by atoms with Crippen LogP contribution in [0, 0.1) is 0 Å². The first-order valence-corrected chi connectivity index (χ1v) is 20.5. The van der Waals surface area contributed by atoms with Crippen molar-refractivity contribution in [3.63, 3.8) is 0 Å². The second-order valence-electron chi connectivity index (χ2n) is 14.0. The largest absolute Gasteiger partial charge is 0.488 e. The number of hydrogen-bond donors (Lipinski definition) is 1. The number of rotatable bonds is 36. The number of carbonyl (C=O) groups is 2. The van der Waals surface area contributed by atoms with E-state index in [2.05, 4.69) is 19.2 Å². The Kier molecular flexibility index (Phi) is 28.8. The van der Waals surface area contributed by atoms with Crippen molar-refractivity contribution in [3.8, 4) is 5.75 Å². The molecule has 0 radical (unpaired) electrons. The summed E-state index contributed by atoms with van der Waals surface area (Å²) >= 11 is 0. The fraction of sp³-hybridized carbons (Fsp3) is 0.854. The number of hydrogen-bond acceptors (Lipinski definition) is 8. The van der Waals surface area contributed by atoms with Gasteiger partial charge in [-0.1, -0.05) is 168 Å². The van der Waals surface area contributed by atoms with Gasteiger partial charge in [0.1, 0.15) is 12.3 Å². The maximum atomic E-state index is 12.7. The fourth-order valence-corrected chi connectivity index (χ4v) is 6.24. The minimum atomic E-state index is -0.774. The van der Waals surface area contributed by atoms with Crippen LogP contribution in [-0.2, 0) is 19.1 Å². The lowest BCUT2D eigenvalue weighted by molar-refractivity contribution is -0.158. The Morgan fingerprint density at radius 3 is 1.33 bits per heavy atom. The van der Waals surface area contributed by atoms with Crippen molar-refractivity contribution < 1.29 is 23.8 Å². The van der Waals surface area contributed by atoms with Crippen LogP contribution >= 0.6 is 0 Å². The van der Waals surface area contributed by atoms with E-state index in [1.165, 1.54) is 128 Å². The van der Waals surface area contributed by atoms with Crippen LogP contribution in [0.1, 0.15) is 201 Å². The molecule has 0 bridgehead atoms. The minimum absolute atomic E-state index is 0.00366. The standard InChI is InChI=1S/C41H73NO7/c1-4-7-9-11-13-15-17-19-21-23-25-27-29-31-36(43)48-34-35(33-42-38-39(45)40(46)41(38)47-6-3)49-37(44)32-30-28-26-24-22-20-18-16-14-12-10-8-5-2/h35,42H,4-34H2,1-3H3/t35-/m0/s1. The summed E-state index contributed by atoms with van der Waals surface area (Å²) in [5.74, 6) is -0.661. The number of carbonyl (C=O) groups excluding carboxylic acids is 2. The third-order valence-corrected chi connectivity index (χ3v) is 9.36.